The van der Waals surface area contributed by atoms with Gasteiger partial charge < -0.3 is 19.7 Å². The van der Waals surface area contributed by atoms with Crippen LogP contribution >= 0.6 is 8.18 Å². The quantitative estimate of drug-likeness (QED) is 0.273. The summed E-state index contributed by atoms with van der Waals surface area (Å²) in [6.07, 6.45) is -5.06. The minimum Gasteiger partial charge on any atom is -0.462 e. The van der Waals surface area contributed by atoms with E-state index in [-0.39, 0.29) is 6.10 Å². The van der Waals surface area contributed by atoms with E-state index in [1.54, 1.807) is 13.8 Å². The van der Waals surface area contributed by atoms with Gasteiger partial charge in [0, 0.05) is 0 Å². The first-order valence-electron chi connectivity index (χ1n) is 8.36. The zero-order chi connectivity index (χ0) is 21.0. The highest BCUT2D eigenvalue weighted by Crippen LogP contribution is 2.30. The summed E-state index contributed by atoms with van der Waals surface area (Å²) in [6, 6.07) is -0.900. The molecule has 0 aliphatic carbocycles. The van der Waals surface area contributed by atoms with Crippen LogP contribution in [0.1, 0.15) is 27.0 Å². The van der Waals surface area contributed by atoms with Crippen molar-refractivity contribution in [2.45, 2.75) is 57.5 Å². The van der Waals surface area contributed by atoms with Crippen molar-refractivity contribution >= 4 is 14.1 Å². The van der Waals surface area contributed by atoms with Crippen molar-refractivity contribution in [3.8, 4) is 0 Å². The fourth-order valence-electron chi connectivity index (χ4n) is 2.34. The van der Waals surface area contributed by atoms with Crippen molar-refractivity contribution < 1.29 is 33.6 Å². The predicted molar refractivity (Wildman–Crippen MR) is 92.4 cm³/mol. The van der Waals surface area contributed by atoms with E-state index in [2.05, 4.69) is 10.2 Å². The summed E-state index contributed by atoms with van der Waals surface area (Å²) in [7, 11) is -2.51. The lowest BCUT2D eigenvalue weighted by atomic mass is 10.1. The monoisotopic (exact) mass is 421 g/mol. The van der Waals surface area contributed by atoms with Crippen LogP contribution in [0.25, 0.3) is 0 Å². The van der Waals surface area contributed by atoms with Gasteiger partial charge in [0.25, 0.3) is 5.56 Å². The molecule has 13 nitrogen and oxygen atoms in total. The molecule has 0 amide bonds. The average Bonchev–Trinajstić information content (AvgIpc) is 2.87. The number of hydrogen-bond acceptors (Lipinski definition) is 10. The van der Waals surface area contributed by atoms with Crippen LogP contribution in [0.5, 0.6) is 0 Å². The molecule has 1 aromatic heterocycles. The third kappa shape index (κ3) is 5.50. The van der Waals surface area contributed by atoms with Gasteiger partial charge in [-0.25, -0.2) is 4.79 Å². The Bertz CT molecular complexity index is 826. The lowest BCUT2D eigenvalue weighted by Gasteiger charge is -2.14. The average molecular weight is 421 g/mol. The van der Waals surface area contributed by atoms with Crippen LogP contribution in [0, 0.1) is 0 Å². The number of aromatic nitrogens is 3. The number of ether oxygens (including phenoxy) is 2. The van der Waals surface area contributed by atoms with E-state index in [4.69, 9.17) is 14.0 Å². The summed E-state index contributed by atoms with van der Waals surface area (Å²) in [5.74, 6) is -0.613. The molecule has 2 heterocycles. The maximum Gasteiger partial charge on any atom is 0.613 e. The Morgan fingerprint density at radius 1 is 1.39 bits per heavy atom. The summed E-state index contributed by atoms with van der Waals surface area (Å²) in [4.78, 5) is 36.4. The predicted octanol–water partition coefficient (Wildman–Crippen LogP) is -1.85. The fourth-order valence-corrected chi connectivity index (χ4v) is 3.11. The second-order valence-corrected chi connectivity index (χ2v) is 7.35. The molecule has 0 spiro atoms. The van der Waals surface area contributed by atoms with Gasteiger partial charge in [0.05, 0.1) is 6.10 Å². The molecule has 156 valence electrons. The minimum absolute atomic E-state index is 0.332. The number of carbonyl (C=O) groups is 1. The number of rotatable bonds is 8. The molecular formula is C14H22N4O9P+. The highest BCUT2D eigenvalue weighted by atomic mass is 31.1. The van der Waals surface area contributed by atoms with E-state index >= 15 is 0 Å². The fraction of sp³-hybridized carbons (Fsp3) is 0.714. The van der Waals surface area contributed by atoms with E-state index in [0.29, 0.717) is 4.68 Å². The van der Waals surface area contributed by atoms with Crippen LogP contribution in [0.2, 0.25) is 0 Å². The van der Waals surface area contributed by atoms with Crippen molar-refractivity contribution in [3.63, 3.8) is 0 Å². The van der Waals surface area contributed by atoms with Gasteiger partial charge in [-0.15, -0.1) is 4.52 Å². The van der Waals surface area contributed by atoms with Crippen LogP contribution in [-0.4, -0.2) is 68.0 Å². The number of esters is 1. The number of nitrogens with one attached hydrogen (secondary N) is 2. The Balaban J connectivity index is 1.92. The number of aromatic amines is 1. The molecule has 0 aromatic carbocycles. The first-order chi connectivity index (χ1) is 13.1. The Morgan fingerprint density at radius 3 is 2.68 bits per heavy atom. The largest absolute Gasteiger partial charge is 0.613 e. The highest BCUT2D eigenvalue weighted by molar-refractivity contribution is 7.36. The second kappa shape index (κ2) is 9.45. The SMILES string of the molecule is CC(C)OC(=O)[C@H](C)N[P+](=O)OCC1OC(n2ncc(=O)[nH]c2=O)C(O)C1O. The number of aliphatic hydroxyl groups is 2. The molecule has 4 N–H and O–H groups in total. The Morgan fingerprint density at radius 2 is 2.07 bits per heavy atom. The number of carbonyl (C=O) groups excluding carboxylic acids is 1. The smallest absolute Gasteiger partial charge is 0.462 e. The lowest BCUT2D eigenvalue weighted by Crippen LogP contribution is -2.39. The summed E-state index contributed by atoms with van der Waals surface area (Å²) >= 11 is 0. The topological polar surface area (TPSA) is 182 Å². The van der Waals surface area contributed by atoms with Gasteiger partial charge in [-0.2, -0.15) is 9.78 Å². The molecule has 1 fully saturated rings. The maximum atomic E-state index is 11.9. The van der Waals surface area contributed by atoms with Gasteiger partial charge in [0.2, 0.25) is 0 Å². The first-order valence-corrected chi connectivity index (χ1v) is 9.54. The van der Waals surface area contributed by atoms with Crippen molar-refractivity contribution in [1.82, 2.24) is 19.9 Å². The van der Waals surface area contributed by atoms with Crippen LogP contribution < -0.4 is 16.3 Å². The van der Waals surface area contributed by atoms with Gasteiger partial charge in [-0.1, -0.05) is 5.09 Å². The van der Waals surface area contributed by atoms with Gasteiger partial charge >= 0.3 is 19.8 Å². The Labute approximate surface area is 159 Å². The molecule has 0 bridgehead atoms. The summed E-state index contributed by atoms with van der Waals surface area (Å²) in [6.45, 7) is 4.37. The number of nitrogens with zero attached hydrogens (tertiary/aromatic N) is 2. The van der Waals surface area contributed by atoms with Crippen molar-refractivity contribution in [2.75, 3.05) is 6.61 Å². The van der Waals surface area contributed by atoms with Crippen molar-refractivity contribution in [3.05, 3.63) is 27.0 Å². The van der Waals surface area contributed by atoms with E-state index < -0.39 is 62.6 Å². The number of aliphatic hydroxyl groups excluding tert-OH is 2. The normalized spacial score (nSPS) is 26.3. The highest BCUT2D eigenvalue weighted by Gasteiger charge is 2.46. The number of H-pyrrole nitrogens is 1. The molecule has 28 heavy (non-hydrogen) atoms. The molecule has 1 saturated heterocycles. The molecule has 1 aromatic rings. The molecule has 0 saturated carbocycles. The molecule has 14 heteroatoms. The minimum atomic E-state index is -2.51. The summed E-state index contributed by atoms with van der Waals surface area (Å²) in [5.41, 5.74) is -1.67. The second-order valence-electron chi connectivity index (χ2n) is 6.32. The van der Waals surface area contributed by atoms with Crippen molar-refractivity contribution in [1.29, 1.82) is 0 Å². The van der Waals surface area contributed by atoms with Crippen LogP contribution in [0.3, 0.4) is 0 Å². The van der Waals surface area contributed by atoms with Gasteiger partial charge in [0.1, 0.15) is 37.2 Å². The third-order valence-electron chi connectivity index (χ3n) is 3.68. The number of hydrogen-bond donors (Lipinski definition) is 4. The summed E-state index contributed by atoms with van der Waals surface area (Å²) in [5, 5.41) is 26.1. The molecule has 2 rings (SSSR count). The van der Waals surface area contributed by atoms with Gasteiger partial charge in [-0.3, -0.25) is 14.6 Å². The zero-order valence-corrected chi connectivity index (χ0v) is 16.2. The Kier molecular flexibility index (Phi) is 7.52. The molecule has 0 radical (unpaired) electrons. The van der Waals surface area contributed by atoms with Crippen LogP contribution in [0.15, 0.2) is 15.8 Å². The molecule has 5 unspecified atom stereocenters. The zero-order valence-electron chi connectivity index (χ0n) is 15.3. The van der Waals surface area contributed by atoms with E-state index in [9.17, 15) is 29.2 Å². The van der Waals surface area contributed by atoms with Crippen molar-refractivity contribution in [2.24, 2.45) is 0 Å². The standard InChI is InChI=1S/C14H21N4O9P/c1-6(2)26-13(22)7(3)17-28(24)25-5-8-10(20)11(21)12(27-8)18-14(23)16-9(19)4-15-18/h4,6-8,10-12,20-21H,5H2,1-3H3,(H-,16,17,19,23,24)/p+1/t7-,8?,10?,11?,12?/m0/s1. The third-order valence-corrected chi connectivity index (χ3v) is 4.66. The van der Waals surface area contributed by atoms with E-state index in [1.165, 1.54) is 6.92 Å². The Hall–Kier alpha value is -2.02. The molecule has 1 aliphatic heterocycles. The first kappa shape index (κ1) is 22.3. The van der Waals surface area contributed by atoms with E-state index in [1.807, 2.05) is 4.98 Å². The van der Waals surface area contributed by atoms with Crippen LogP contribution in [-0.2, 0) is 23.4 Å². The lowest BCUT2D eigenvalue weighted by molar-refractivity contribution is -0.149. The molecule has 6 atom stereocenters. The van der Waals surface area contributed by atoms with E-state index in [0.717, 1.165) is 6.20 Å². The maximum absolute atomic E-state index is 11.9. The molecular weight excluding hydrogens is 399 g/mol. The van der Waals surface area contributed by atoms with Gasteiger partial charge in [-0.05, 0) is 25.3 Å². The molecule has 1 aliphatic rings. The van der Waals surface area contributed by atoms with Gasteiger partial charge in [0.15, 0.2) is 6.23 Å². The summed E-state index contributed by atoms with van der Waals surface area (Å²) < 4.78 is 27.9. The van der Waals surface area contributed by atoms with Crippen LogP contribution in [0.4, 0.5) is 0 Å².